The zero-order valence-corrected chi connectivity index (χ0v) is 11.7. The summed E-state index contributed by atoms with van der Waals surface area (Å²) in [4.78, 5) is 2.37. The Morgan fingerprint density at radius 3 is 2.68 bits per heavy atom. The molecule has 0 aliphatic carbocycles. The molecule has 0 radical (unpaired) electrons. The summed E-state index contributed by atoms with van der Waals surface area (Å²) in [5.74, 6) is -0.221. The van der Waals surface area contributed by atoms with Crippen LogP contribution in [0.5, 0.6) is 0 Å². The molecule has 3 atom stereocenters. The predicted octanol–water partition coefficient (Wildman–Crippen LogP) is 2.32. The van der Waals surface area contributed by atoms with Crippen LogP contribution in [-0.4, -0.2) is 37.2 Å². The monoisotopic (exact) mass is 266 g/mol. The third kappa shape index (κ3) is 3.53. The zero-order valence-electron chi connectivity index (χ0n) is 11.7. The Bertz CT molecular complexity index is 396. The van der Waals surface area contributed by atoms with Gasteiger partial charge in [0.15, 0.2) is 0 Å². The van der Waals surface area contributed by atoms with Gasteiger partial charge < -0.3 is 10.5 Å². The molecule has 0 saturated carbocycles. The Balaban J connectivity index is 2.01. The van der Waals surface area contributed by atoms with E-state index < -0.39 is 0 Å². The number of hydrogen-bond donors (Lipinski definition) is 1. The van der Waals surface area contributed by atoms with E-state index in [1.165, 1.54) is 12.1 Å². The molecule has 3 unspecified atom stereocenters. The molecule has 1 aliphatic rings. The smallest absolute Gasteiger partial charge is 0.123 e. The van der Waals surface area contributed by atoms with Crippen LogP contribution < -0.4 is 5.73 Å². The summed E-state index contributed by atoms with van der Waals surface area (Å²) in [5, 5.41) is 0. The first-order chi connectivity index (χ1) is 9.11. The minimum absolute atomic E-state index is 0.101. The van der Waals surface area contributed by atoms with Crippen molar-refractivity contribution < 1.29 is 9.13 Å². The molecule has 2 N–H and O–H groups in total. The van der Waals surface area contributed by atoms with Gasteiger partial charge in [0.25, 0.3) is 0 Å². The number of rotatable bonds is 4. The number of nitrogens with zero attached hydrogens (tertiary/aromatic N) is 1. The van der Waals surface area contributed by atoms with E-state index in [4.69, 9.17) is 10.5 Å². The molecule has 3 nitrogen and oxygen atoms in total. The lowest BCUT2D eigenvalue weighted by molar-refractivity contribution is 0.0131. The number of piperidine rings is 1. The second-order valence-electron chi connectivity index (χ2n) is 5.31. The highest BCUT2D eigenvalue weighted by molar-refractivity contribution is 5.21. The summed E-state index contributed by atoms with van der Waals surface area (Å²) in [6.07, 6.45) is 2.56. The largest absolute Gasteiger partial charge is 0.380 e. The van der Waals surface area contributed by atoms with Crippen molar-refractivity contribution in [2.24, 2.45) is 5.73 Å². The number of likely N-dealkylation sites (tertiary alicyclic amines) is 1. The van der Waals surface area contributed by atoms with Gasteiger partial charge in [0, 0.05) is 25.7 Å². The molecule has 0 amide bonds. The number of methoxy groups -OCH3 is 1. The van der Waals surface area contributed by atoms with Crippen molar-refractivity contribution in [2.75, 3.05) is 20.2 Å². The Morgan fingerprint density at radius 1 is 1.37 bits per heavy atom. The van der Waals surface area contributed by atoms with Crippen molar-refractivity contribution in [1.29, 1.82) is 0 Å². The van der Waals surface area contributed by atoms with Crippen molar-refractivity contribution in [3.63, 3.8) is 0 Å². The van der Waals surface area contributed by atoms with E-state index in [1.807, 2.05) is 0 Å². The summed E-state index contributed by atoms with van der Waals surface area (Å²) in [5.41, 5.74) is 7.28. The molecule has 0 spiro atoms. The van der Waals surface area contributed by atoms with E-state index in [9.17, 15) is 4.39 Å². The number of halogens is 1. The minimum Gasteiger partial charge on any atom is -0.380 e. The fourth-order valence-corrected chi connectivity index (χ4v) is 2.72. The lowest BCUT2D eigenvalue weighted by Crippen LogP contribution is -2.48. The molecule has 19 heavy (non-hydrogen) atoms. The number of hydrogen-bond acceptors (Lipinski definition) is 3. The maximum Gasteiger partial charge on any atom is 0.123 e. The van der Waals surface area contributed by atoms with Crippen molar-refractivity contribution in [1.82, 2.24) is 4.90 Å². The predicted molar refractivity (Wildman–Crippen MR) is 74.4 cm³/mol. The number of benzene rings is 1. The topological polar surface area (TPSA) is 38.5 Å². The third-order valence-electron chi connectivity index (χ3n) is 4.09. The highest BCUT2D eigenvalue weighted by Crippen LogP contribution is 2.23. The third-order valence-corrected chi connectivity index (χ3v) is 4.09. The number of ether oxygens (including phenoxy) is 1. The van der Waals surface area contributed by atoms with E-state index in [-0.39, 0.29) is 17.9 Å². The quantitative estimate of drug-likeness (QED) is 0.909. The minimum atomic E-state index is -0.221. The Morgan fingerprint density at radius 2 is 2.05 bits per heavy atom. The lowest BCUT2D eigenvalue weighted by atomic mass is 9.97. The van der Waals surface area contributed by atoms with Gasteiger partial charge in [-0.3, -0.25) is 4.90 Å². The summed E-state index contributed by atoms with van der Waals surface area (Å²) < 4.78 is 18.4. The average Bonchev–Trinajstić information content (AvgIpc) is 2.46. The molecule has 106 valence electrons. The van der Waals surface area contributed by atoms with Gasteiger partial charge in [0.1, 0.15) is 5.82 Å². The van der Waals surface area contributed by atoms with E-state index in [1.54, 1.807) is 19.2 Å². The Labute approximate surface area is 114 Å². The van der Waals surface area contributed by atoms with Crippen LogP contribution in [0.15, 0.2) is 24.3 Å². The molecule has 4 heteroatoms. The van der Waals surface area contributed by atoms with Gasteiger partial charge in [-0.1, -0.05) is 12.1 Å². The highest BCUT2D eigenvalue weighted by atomic mass is 19.1. The van der Waals surface area contributed by atoms with Crippen LogP contribution in [0.4, 0.5) is 4.39 Å². The second kappa shape index (κ2) is 6.46. The maximum atomic E-state index is 12.9. The van der Waals surface area contributed by atoms with Crippen molar-refractivity contribution in [2.45, 2.75) is 38.0 Å². The maximum absolute atomic E-state index is 12.9. The van der Waals surface area contributed by atoms with Gasteiger partial charge in [-0.05, 0) is 44.0 Å². The molecule has 1 fully saturated rings. The van der Waals surface area contributed by atoms with Crippen LogP contribution in [-0.2, 0) is 4.74 Å². The molecule has 0 aromatic heterocycles. The summed E-state index contributed by atoms with van der Waals surface area (Å²) in [7, 11) is 1.76. The summed E-state index contributed by atoms with van der Waals surface area (Å²) >= 11 is 0. The van der Waals surface area contributed by atoms with E-state index in [0.717, 1.165) is 31.5 Å². The van der Waals surface area contributed by atoms with Gasteiger partial charge in [-0.15, -0.1) is 0 Å². The van der Waals surface area contributed by atoms with Crippen LogP contribution in [0.1, 0.15) is 31.4 Å². The summed E-state index contributed by atoms with van der Waals surface area (Å²) in [6.45, 7) is 4.11. The molecule has 1 aromatic carbocycles. The first-order valence-electron chi connectivity index (χ1n) is 6.89. The molecular weight excluding hydrogens is 243 g/mol. The molecule has 1 saturated heterocycles. The highest BCUT2D eigenvalue weighted by Gasteiger charge is 2.27. The molecule has 2 rings (SSSR count). The van der Waals surface area contributed by atoms with E-state index in [2.05, 4.69) is 11.8 Å². The SMILES string of the molecule is COC1CCCN(C(C)C(N)c2ccc(F)cc2)C1. The van der Waals surface area contributed by atoms with Crippen molar-refractivity contribution >= 4 is 0 Å². The normalized spacial score (nSPS) is 24.1. The van der Waals surface area contributed by atoms with Gasteiger partial charge >= 0.3 is 0 Å². The van der Waals surface area contributed by atoms with Crippen LogP contribution in [0.3, 0.4) is 0 Å². The van der Waals surface area contributed by atoms with E-state index >= 15 is 0 Å². The van der Waals surface area contributed by atoms with Crippen LogP contribution in [0.2, 0.25) is 0 Å². The first kappa shape index (κ1) is 14.4. The van der Waals surface area contributed by atoms with Crippen LogP contribution in [0, 0.1) is 5.82 Å². The summed E-state index contributed by atoms with van der Waals surface area (Å²) in [6, 6.07) is 6.61. The molecular formula is C15H23FN2O. The molecule has 1 aliphatic heterocycles. The van der Waals surface area contributed by atoms with Gasteiger partial charge in [-0.2, -0.15) is 0 Å². The van der Waals surface area contributed by atoms with Crippen molar-refractivity contribution in [3.05, 3.63) is 35.6 Å². The fraction of sp³-hybridized carbons (Fsp3) is 0.600. The van der Waals surface area contributed by atoms with Gasteiger partial charge in [-0.25, -0.2) is 4.39 Å². The molecule has 1 heterocycles. The Hall–Kier alpha value is -0.970. The Kier molecular flexibility index (Phi) is 4.91. The van der Waals surface area contributed by atoms with Crippen LogP contribution >= 0.6 is 0 Å². The average molecular weight is 266 g/mol. The first-order valence-corrected chi connectivity index (χ1v) is 6.89. The zero-order chi connectivity index (χ0) is 13.8. The second-order valence-corrected chi connectivity index (χ2v) is 5.31. The number of nitrogens with two attached hydrogens (primary N) is 1. The molecule has 0 bridgehead atoms. The van der Waals surface area contributed by atoms with Gasteiger partial charge in [0.2, 0.25) is 0 Å². The molecule has 1 aromatic rings. The van der Waals surface area contributed by atoms with Gasteiger partial charge in [0.05, 0.1) is 6.10 Å². The van der Waals surface area contributed by atoms with Crippen LogP contribution in [0.25, 0.3) is 0 Å². The van der Waals surface area contributed by atoms with E-state index in [0.29, 0.717) is 6.10 Å². The fourth-order valence-electron chi connectivity index (χ4n) is 2.72. The lowest BCUT2D eigenvalue weighted by Gasteiger charge is -2.38. The standard InChI is InChI=1S/C15H23FN2O/c1-11(18-9-3-4-14(10-18)19-2)15(17)12-5-7-13(16)8-6-12/h5-8,11,14-15H,3-4,9-10,17H2,1-2H3. The van der Waals surface area contributed by atoms with Crippen molar-refractivity contribution in [3.8, 4) is 0 Å².